The van der Waals surface area contributed by atoms with Crippen LogP contribution in [-0.4, -0.2) is 17.0 Å². The van der Waals surface area contributed by atoms with Crippen molar-refractivity contribution in [1.29, 1.82) is 0 Å². The molecule has 1 aliphatic rings. The lowest BCUT2D eigenvalue weighted by molar-refractivity contribution is -0.127. The van der Waals surface area contributed by atoms with Crippen LogP contribution in [0.5, 0.6) is 5.75 Å². The molecule has 4 rings (SSSR count). The molecule has 0 fully saturated rings. The van der Waals surface area contributed by atoms with E-state index in [1.165, 1.54) is 0 Å². The molecule has 1 aromatic carbocycles. The number of amides is 1. The number of aryl methyl sites for hydroxylation is 2. The van der Waals surface area contributed by atoms with Gasteiger partial charge < -0.3 is 14.5 Å². The van der Waals surface area contributed by atoms with Gasteiger partial charge in [0.05, 0.1) is 5.39 Å². The van der Waals surface area contributed by atoms with Gasteiger partial charge in [-0.1, -0.05) is 6.07 Å². The summed E-state index contributed by atoms with van der Waals surface area (Å²) in [6.45, 7) is 4.02. The van der Waals surface area contributed by atoms with Gasteiger partial charge >= 0.3 is 5.63 Å². The van der Waals surface area contributed by atoms with Crippen molar-refractivity contribution in [3.05, 3.63) is 69.3 Å². The molecule has 0 saturated heterocycles. The molecule has 1 N–H and O–H groups in total. The molecule has 2 heterocycles. The van der Waals surface area contributed by atoms with E-state index in [1.807, 2.05) is 31.2 Å². The molecule has 1 amide bonds. The van der Waals surface area contributed by atoms with Crippen LogP contribution in [0.3, 0.4) is 0 Å². The van der Waals surface area contributed by atoms with E-state index in [4.69, 9.17) is 9.15 Å². The number of hydrogen-bond acceptors (Lipinski definition) is 5. The average molecular weight is 392 g/mol. The maximum absolute atomic E-state index is 12.6. The van der Waals surface area contributed by atoms with Crippen LogP contribution in [0, 0.1) is 6.92 Å². The van der Waals surface area contributed by atoms with Gasteiger partial charge in [0, 0.05) is 24.5 Å². The summed E-state index contributed by atoms with van der Waals surface area (Å²) in [5.74, 6) is 0.376. The topological polar surface area (TPSA) is 81.4 Å². The summed E-state index contributed by atoms with van der Waals surface area (Å²) in [4.78, 5) is 29.0. The highest BCUT2D eigenvalue weighted by Crippen LogP contribution is 2.35. The maximum Gasteiger partial charge on any atom is 0.339 e. The van der Waals surface area contributed by atoms with Crippen LogP contribution < -0.4 is 15.7 Å². The van der Waals surface area contributed by atoms with Crippen molar-refractivity contribution < 1.29 is 13.9 Å². The number of pyridine rings is 1. The van der Waals surface area contributed by atoms with E-state index < -0.39 is 6.10 Å². The first-order valence-corrected chi connectivity index (χ1v) is 9.95. The molecule has 0 spiro atoms. The first-order chi connectivity index (χ1) is 14.0. The number of carbonyl (C=O) groups excluding carboxylic acids is 1. The normalized spacial score (nSPS) is 14.3. The lowest BCUT2D eigenvalue weighted by atomic mass is 9.90. The zero-order chi connectivity index (χ0) is 20.4. The smallest absolute Gasteiger partial charge is 0.339 e. The first kappa shape index (κ1) is 19.2. The van der Waals surface area contributed by atoms with Gasteiger partial charge in [0.2, 0.25) is 0 Å². The molecule has 6 heteroatoms. The summed E-state index contributed by atoms with van der Waals surface area (Å²) < 4.78 is 11.7. The molecule has 0 saturated carbocycles. The van der Waals surface area contributed by atoms with Gasteiger partial charge in [0.1, 0.15) is 11.3 Å². The van der Waals surface area contributed by atoms with Crippen LogP contribution in [0.2, 0.25) is 0 Å². The number of benzene rings is 1. The lowest BCUT2D eigenvalue weighted by Gasteiger charge is -2.21. The van der Waals surface area contributed by atoms with Crippen LogP contribution in [0.15, 0.2) is 45.9 Å². The van der Waals surface area contributed by atoms with Crippen molar-refractivity contribution in [2.24, 2.45) is 0 Å². The first-order valence-electron chi connectivity index (χ1n) is 9.95. The maximum atomic E-state index is 12.6. The minimum absolute atomic E-state index is 0.213. The van der Waals surface area contributed by atoms with E-state index in [-0.39, 0.29) is 11.5 Å². The third-order valence-corrected chi connectivity index (χ3v) is 5.29. The largest absolute Gasteiger partial charge is 0.480 e. The quantitative estimate of drug-likeness (QED) is 0.673. The van der Waals surface area contributed by atoms with Crippen molar-refractivity contribution in [1.82, 2.24) is 10.3 Å². The molecule has 0 radical (unpaired) electrons. The van der Waals surface area contributed by atoms with Gasteiger partial charge in [0.25, 0.3) is 5.91 Å². The molecular formula is C23H24N2O4. The fourth-order valence-corrected chi connectivity index (χ4v) is 3.84. The minimum Gasteiger partial charge on any atom is -0.480 e. The van der Waals surface area contributed by atoms with Crippen LogP contribution in [-0.2, 0) is 24.2 Å². The Bertz CT molecular complexity index is 1110. The predicted octanol–water partition coefficient (Wildman–Crippen LogP) is 3.46. The number of fused-ring (bicyclic) bond motifs is 3. The molecule has 0 aliphatic heterocycles. The van der Waals surface area contributed by atoms with Crippen molar-refractivity contribution in [3.8, 4) is 5.75 Å². The number of aromatic nitrogens is 1. The number of rotatable bonds is 5. The van der Waals surface area contributed by atoms with Crippen molar-refractivity contribution >= 4 is 16.9 Å². The zero-order valence-corrected chi connectivity index (χ0v) is 16.7. The third-order valence-electron chi connectivity index (χ3n) is 5.29. The summed E-state index contributed by atoms with van der Waals surface area (Å²) in [7, 11) is 0. The molecular weight excluding hydrogens is 368 g/mol. The summed E-state index contributed by atoms with van der Waals surface area (Å²) in [6, 6.07) is 7.49. The van der Waals surface area contributed by atoms with Gasteiger partial charge in [-0.05, 0) is 74.4 Å². The minimum atomic E-state index is -0.692. The standard InChI is InChI=1S/C23H24N2O4/c1-14-10-19(28-15(2)22(26)25-13-16-6-5-9-24-12-16)21-17-7-3-4-8-18(17)23(27)29-20(21)11-14/h5-6,9-12,15H,3-4,7-8,13H2,1-2H3,(H,25,26). The van der Waals surface area contributed by atoms with Crippen LogP contribution >= 0.6 is 0 Å². The van der Waals surface area contributed by atoms with Crippen molar-refractivity contribution in [2.75, 3.05) is 0 Å². The van der Waals surface area contributed by atoms with Gasteiger partial charge in [-0.15, -0.1) is 0 Å². The highest BCUT2D eigenvalue weighted by molar-refractivity contribution is 5.89. The van der Waals surface area contributed by atoms with Gasteiger partial charge in [-0.25, -0.2) is 4.79 Å². The molecule has 1 atom stereocenters. The number of nitrogens with one attached hydrogen (secondary N) is 1. The number of ether oxygens (including phenoxy) is 1. The van der Waals surface area contributed by atoms with Crippen LogP contribution in [0.1, 0.15) is 42.0 Å². The monoisotopic (exact) mass is 392 g/mol. The van der Waals surface area contributed by atoms with Crippen LogP contribution in [0.4, 0.5) is 0 Å². The molecule has 29 heavy (non-hydrogen) atoms. The molecule has 0 bridgehead atoms. The summed E-state index contributed by atoms with van der Waals surface area (Å²) in [5, 5.41) is 3.69. The van der Waals surface area contributed by atoms with Crippen molar-refractivity contribution in [3.63, 3.8) is 0 Å². The number of nitrogens with zero attached hydrogens (tertiary/aromatic N) is 1. The lowest BCUT2D eigenvalue weighted by Crippen LogP contribution is -2.36. The molecule has 2 aromatic heterocycles. The Hall–Kier alpha value is -3.15. The van der Waals surface area contributed by atoms with E-state index in [1.54, 1.807) is 19.3 Å². The number of hydrogen-bond donors (Lipinski definition) is 1. The Balaban J connectivity index is 1.61. The summed E-state index contributed by atoms with van der Waals surface area (Å²) >= 11 is 0. The SMILES string of the molecule is Cc1cc(OC(C)C(=O)NCc2cccnc2)c2c3c(c(=O)oc2c1)CCCC3. The van der Waals surface area contributed by atoms with E-state index in [9.17, 15) is 9.59 Å². The van der Waals surface area contributed by atoms with Gasteiger partial charge in [-0.3, -0.25) is 9.78 Å². The third kappa shape index (κ3) is 4.01. The highest BCUT2D eigenvalue weighted by Gasteiger charge is 2.23. The van der Waals surface area contributed by atoms with Gasteiger partial charge in [-0.2, -0.15) is 0 Å². The predicted molar refractivity (Wildman–Crippen MR) is 110 cm³/mol. The summed E-state index contributed by atoms with van der Waals surface area (Å²) in [6.07, 6.45) is 6.27. The van der Waals surface area contributed by atoms with E-state index >= 15 is 0 Å². The van der Waals surface area contributed by atoms with Crippen LogP contribution in [0.25, 0.3) is 11.0 Å². The fraction of sp³-hybridized carbons (Fsp3) is 0.348. The molecule has 150 valence electrons. The summed E-state index contributed by atoms with van der Waals surface area (Å²) in [5.41, 5.74) is 3.84. The molecule has 6 nitrogen and oxygen atoms in total. The Labute approximate surface area is 168 Å². The molecule has 3 aromatic rings. The van der Waals surface area contributed by atoms with Gasteiger partial charge in [0.15, 0.2) is 6.10 Å². The molecule has 1 unspecified atom stereocenters. The average Bonchev–Trinajstić information content (AvgIpc) is 2.72. The second-order valence-electron chi connectivity index (χ2n) is 7.53. The Kier molecular flexibility index (Phi) is 5.34. The Morgan fingerprint density at radius 2 is 2.07 bits per heavy atom. The fourth-order valence-electron chi connectivity index (χ4n) is 3.84. The zero-order valence-electron chi connectivity index (χ0n) is 16.7. The second-order valence-corrected chi connectivity index (χ2v) is 7.53. The Morgan fingerprint density at radius 3 is 2.83 bits per heavy atom. The Morgan fingerprint density at radius 1 is 1.28 bits per heavy atom. The highest BCUT2D eigenvalue weighted by atomic mass is 16.5. The second kappa shape index (κ2) is 8.07. The molecule has 1 aliphatic carbocycles. The van der Waals surface area contributed by atoms with E-state index in [2.05, 4.69) is 10.3 Å². The van der Waals surface area contributed by atoms with E-state index in [0.717, 1.165) is 53.3 Å². The number of carbonyl (C=O) groups is 1. The van der Waals surface area contributed by atoms with E-state index in [0.29, 0.717) is 17.9 Å². The van der Waals surface area contributed by atoms with Crippen molar-refractivity contribution in [2.45, 2.75) is 52.2 Å².